The summed E-state index contributed by atoms with van der Waals surface area (Å²) in [6, 6.07) is -0.00694. The number of nitrogens with two attached hydrogens (primary N) is 1. The van der Waals surface area contributed by atoms with Gasteiger partial charge < -0.3 is 5.73 Å². The summed E-state index contributed by atoms with van der Waals surface area (Å²) in [7, 11) is 0. The average Bonchev–Trinajstić information content (AvgIpc) is 1.84. The molecule has 0 aromatic heterocycles. The molecule has 0 rings (SSSR count). The van der Waals surface area contributed by atoms with Crippen molar-refractivity contribution >= 4 is 6.29 Å². The van der Waals surface area contributed by atoms with Crippen LogP contribution in [0.1, 0.15) is 20.3 Å². The normalized spacial score (nSPS) is 17.4. The minimum atomic E-state index is -0.111. The quantitative estimate of drug-likeness (QED) is 0.579. The lowest BCUT2D eigenvalue weighted by Crippen LogP contribution is -2.27. The fourth-order valence-electron chi connectivity index (χ4n) is 0.441. The van der Waals surface area contributed by atoms with E-state index < -0.39 is 0 Å². The summed E-state index contributed by atoms with van der Waals surface area (Å²) in [4.78, 5) is 9.90. The zero-order valence-corrected chi connectivity index (χ0v) is 5.35. The first-order valence-electron chi connectivity index (χ1n) is 2.85. The summed E-state index contributed by atoms with van der Waals surface area (Å²) in [6.45, 7) is 3.74. The monoisotopic (exact) mass is 114 g/mol. The van der Waals surface area contributed by atoms with Gasteiger partial charge in [-0.05, 0) is 6.42 Å². The van der Waals surface area contributed by atoms with Gasteiger partial charge in [0.1, 0.15) is 0 Å². The van der Waals surface area contributed by atoms with Crippen molar-refractivity contribution in [2.24, 2.45) is 11.7 Å². The zero-order chi connectivity index (χ0) is 6.57. The number of rotatable bonds is 3. The second-order valence-corrected chi connectivity index (χ2v) is 1.98. The molecule has 8 heavy (non-hydrogen) atoms. The Kier molecular flexibility index (Phi) is 3.44. The molecule has 0 spiro atoms. The summed E-state index contributed by atoms with van der Waals surface area (Å²) in [5, 5.41) is 0. The largest absolute Gasteiger partial charge is 0.327 e. The van der Waals surface area contributed by atoms with Gasteiger partial charge in [0.2, 0.25) is 6.29 Å². The van der Waals surface area contributed by atoms with Crippen LogP contribution in [0.2, 0.25) is 0 Å². The SMILES string of the molecule is CCC(N)C(C)[C]=O. The summed E-state index contributed by atoms with van der Waals surface area (Å²) >= 11 is 0. The maximum absolute atomic E-state index is 9.90. The lowest BCUT2D eigenvalue weighted by Gasteiger charge is -2.08. The molecule has 2 unspecified atom stereocenters. The Labute approximate surface area is 50.1 Å². The van der Waals surface area contributed by atoms with Crippen LogP contribution in [-0.4, -0.2) is 12.3 Å². The number of carbonyl (C=O) groups excluding carboxylic acids is 1. The smallest absolute Gasteiger partial charge is 0.203 e. The van der Waals surface area contributed by atoms with Gasteiger partial charge >= 0.3 is 0 Å². The molecule has 0 aliphatic carbocycles. The van der Waals surface area contributed by atoms with E-state index in [4.69, 9.17) is 5.73 Å². The van der Waals surface area contributed by atoms with Crippen molar-refractivity contribution in [3.8, 4) is 0 Å². The molecule has 2 nitrogen and oxygen atoms in total. The molecule has 0 aromatic carbocycles. The Bertz CT molecular complexity index is 72.9. The molecule has 0 heterocycles. The topological polar surface area (TPSA) is 43.1 Å². The van der Waals surface area contributed by atoms with Crippen molar-refractivity contribution in [1.82, 2.24) is 0 Å². The average molecular weight is 114 g/mol. The summed E-state index contributed by atoms with van der Waals surface area (Å²) in [6.07, 6.45) is 2.68. The Hall–Kier alpha value is -0.370. The van der Waals surface area contributed by atoms with Crippen LogP contribution in [0.25, 0.3) is 0 Å². The summed E-state index contributed by atoms with van der Waals surface area (Å²) in [5.74, 6) is -0.111. The van der Waals surface area contributed by atoms with E-state index in [1.54, 1.807) is 6.92 Å². The van der Waals surface area contributed by atoms with Gasteiger partial charge in [-0.15, -0.1) is 0 Å². The first-order chi connectivity index (χ1) is 3.72. The van der Waals surface area contributed by atoms with Gasteiger partial charge in [-0.2, -0.15) is 0 Å². The summed E-state index contributed by atoms with van der Waals surface area (Å²) < 4.78 is 0. The van der Waals surface area contributed by atoms with E-state index >= 15 is 0 Å². The van der Waals surface area contributed by atoms with E-state index in [2.05, 4.69) is 0 Å². The standard InChI is InChI=1S/C6H12NO/c1-3-6(7)5(2)4-8/h5-6H,3,7H2,1-2H3. The van der Waals surface area contributed by atoms with Crippen molar-refractivity contribution in [2.45, 2.75) is 26.3 Å². The van der Waals surface area contributed by atoms with E-state index in [0.717, 1.165) is 6.42 Å². The third-order valence-corrected chi connectivity index (χ3v) is 1.30. The van der Waals surface area contributed by atoms with Crippen molar-refractivity contribution in [3.05, 3.63) is 0 Å². The highest BCUT2D eigenvalue weighted by atomic mass is 16.1. The van der Waals surface area contributed by atoms with Crippen molar-refractivity contribution in [3.63, 3.8) is 0 Å². The van der Waals surface area contributed by atoms with E-state index in [1.807, 2.05) is 13.2 Å². The van der Waals surface area contributed by atoms with Crippen LogP contribution in [0.4, 0.5) is 0 Å². The Morgan fingerprint density at radius 3 is 2.38 bits per heavy atom. The molecule has 0 aromatic rings. The van der Waals surface area contributed by atoms with Gasteiger partial charge in [-0.1, -0.05) is 13.8 Å². The van der Waals surface area contributed by atoms with E-state index in [0.29, 0.717) is 0 Å². The Morgan fingerprint density at radius 1 is 1.75 bits per heavy atom. The van der Waals surface area contributed by atoms with Crippen molar-refractivity contribution in [1.29, 1.82) is 0 Å². The molecule has 0 bridgehead atoms. The van der Waals surface area contributed by atoms with Crippen molar-refractivity contribution < 1.29 is 4.79 Å². The molecule has 1 radical (unpaired) electrons. The van der Waals surface area contributed by atoms with Crippen LogP contribution in [0.3, 0.4) is 0 Å². The molecule has 0 saturated carbocycles. The minimum absolute atomic E-state index is 0.00694. The molecule has 2 atom stereocenters. The van der Waals surface area contributed by atoms with Gasteiger partial charge in [-0.25, -0.2) is 0 Å². The molecule has 47 valence electrons. The van der Waals surface area contributed by atoms with E-state index in [9.17, 15) is 4.79 Å². The van der Waals surface area contributed by atoms with Crippen LogP contribution in [0.5, 0.6) is 0 Å². The fraction of sp³-hybridized carbons (Fsp3) is 0.833. The zero-order valence-electron chi connectivity index (χ0n) is 5.35. The Balaban J connectivity index is 3.44. The Morgan fingerprint density at radius 2 is 2.25 bits per heavy atom. The minimum Gasteiger partial charge on any atom is -0.327 e. The predicted molar refractivity (Wildman–Crippen MR) is 33.1 cm³/mol. The predicted octanol–water partition coefficient (Wildman–Crippen LogP) is 0.469. The van der Waals surface area contributed by atoms with Gasteiger partial charge in [0.15, 0.2) is 0 Å². The summed E-state index contributed by atoms with van der Waals surface area (Å²) in [5.41, 5.74) is 5.46. The van der Waals surface area contributed by atoms with Crippen LogP contribution < -0.4 is 5.73 Å². The molecular weight excluding hydrogens is 102 g/mol. The van der Waals surface area contributed by atoms with Gasteiger partial charge in [0.25, 0.3) is 0 Å². The van der Waals surface area contributed by atoms with E-state index in [1.165, 1.54) is 0 Å². The number of hydrogen-bond acceptors (Lipinski definition) is 2. The van der Waals surface area contributed by atoms with Crippen LogP contribution >= 0.6 is 0 Å². The highest BCUT2D eigenvalue weighted by molar-refractivity contribution is 5.54. The maximum Gasteiger partial charge on any atom is 0.203 e. The second kappa shape index (κ2) is 3.61. The molecule has 0 amide bonds. The van der Waals surface area contributed by atoms with E-state index in [-0.39, 0.29) is 12.0 Å². The lowest BCUT2D eigenvalue weighted by atomic mass is 10.0. The van der Waals surface area contributed by atoms with Crippen LogP contribution in [0, 0.1) is 5.92 Å². The van der Waals surface area contributed by atoms with Gasteiger partial charge in [0.05, 0.1) is 0 Å². The maximum atomic E-state index is 9.90. The number of hydrogen-bond donors (Lipinski definition) is 1. The lowest BCUT2D eigenvalue weighted by molar-refractivity contribution is 0.484. The third kappa shape index (κ3) is 2.07. The molecular formula is C6H12NO. The second-order valence-electron chi connectivity index (χ2n) is 1.98. The first kappa shape index (κ1) is 7.63. The van der Waals surface area contributed by atoms with Gasteiger partial charge in [0, 0.05) is 12.0 Å². The molecule has 0 saturated heterocycles. The highest BCUT2D eigenvalue weighted by Gasteiger charge is 2.08. The van der Waals surface area contributed by atoms with Crippen LogP contribution in [0.15, 0.2) is 0 Å². The molecule has 2 heteroatoms. The molecule has 2 N–H and O–H groups in total. The first-order valence-corrected chi connectivity index (χ1v) is 2.85. The molecule has 0 fully saturated rings. The molecule has 0 aliphatic rings. The fourth-order valence-corrected chi connectivity index (χ4v) is 0.441. The molecule has 0 aliphatic heterocycles. The third-order valence-electron chi connectivity index (χ3n) is 1.30. The van der Waals surface area contributed by atoms with Crippen molar-refractivity contribution in [2.75, 3.05) is 0 Å². The van der Waals surface area contributed by atoms with Gasteiger partial charge in [-0.3, -0.25) is 4.79 Å². The van der Waals surface area contributed by atoms with Crippen LogP contribution in [-0.2, 0) is 4.79 Å². The highest BCUT2D eigenvalue weighted by Crippen LogP contribution is 1.98.